The highest BCUT2D eigenvalue weighted by Gasteiger charge is 2.15. The number of hydrogen-bond acceptors (Lipinski definition) is 2. The highest BCUT2D eigenvalue weighted by molar-refractivity contribution is 5.87. The zero-order valence-electron chi connectivity index (χ0n) is 15.5. The Morgan fingerprint density at radius 1 is 0.786 bits per heavy atom. The summed E-state index contributed by atoms with van der Waals surface area (Å²) in [6.45, 7) is 0.533. The third-order valence-electron chi connectivity index (χ3n) is 4.75. The number of aromatic carboxylic acids is 1. The first kappa shape index (κ1) is 19.4. The summed E-state index contributed by atoms with van der Waals surface area (Å²) in [5.41, 5.74) is 3.53. The zero-order valence-corrected chi connectivity index (χ0v) is 15.5. The SMILES string of the molecule is O=C(CCc1ccc(C(=O)O)cc1)NCC(c1ccccc1)c1ccccc1. The van der Waals surface area contributed by atoms with E-state index in [2.05, 4.69) is 29.6 Å². The zero-order chi connectivity index (χ0) is 19.8. The molecule has 0 unspecified atom stereocenters. The number of aryl methyl sites for hydroxylation is 1. The molecule has 4 nitrogen and oxygen atoms in total. The maximum Gasteiger partial charge on any atom is 0.335 e. The molecule has 0 bridgehead atoms. The van der Waals surface area contributed by atoms with Crippen molar-refractivity contribution >= 4 is 11.9 Å². The smallest absolute Gasteiger partial charge is 0.335 e. The fraction of sp³-hybridized carbons (Fsp3) is 0.167. The first-order valence-electron chi connectivity index (χ1n) is 9.32. The summed E-state index contributed by atoms with van der Waals surface area (Å²) in [6.07, 6.45) is 0.940. The van der Waals surface area contributed by atoms with Crippen molar-refractivity contribution in [2.45, 2.75) is 18.8 Å². The maximum atomic E-state index is 12.4. The van der Waals surface area contributed by atoms with Gasteiger partial charge in [-0.15, -0.1) is 0 Å². The van der Waals surface area contributed by atoms with Gasteiger partial charge in [0, 0.05) is 18.9 Å². The van der Waals surface area contributed by atoms with Gasteiger partial charge in [-0.1, -0.05) is 72.8 Å². The second kappa shape index (κ2) is 9.51. The van der Waals surface area contributed by atoms with E-state index in [-0.39, 0.29) is 17.4 Å². The van der Waals surface area contributed by atoms with E-state index in [4.69, 9.17) is 5.11 Å². The molecule has 3 rings (SSSR count). The topological polar surface area (TPSA) is 66.4 Å². The Morgan fingerprint density at radius 3 is 1.82 bits per heavy atom. The number of benzene rings is 3. The van der Waals surface area contributed by atoms with E-state index < -0.39 is 5.97 Å². The quantitative estimate of drug-likeness (QED) is 0.620. The highest BCUT2D eigenvalue weighted by Crippen LogP contribution is 2.23. The summed E-state index contributed by atoms with van der Waals surface area (Å²) in [5, 5.41) is 12.0. The van der Waals surface area contributed by atoms with Gasteiger partial charge in [-0.2, -0.15) is 0 Å². The largest absolute Gasteiger partial charge is 0.478 e. The van der Waals surface area contributed by atoms with Crippen LogP contribution in [0.25, 0.3) is 0 Å². The molecule has 0 heterocycles. The van der Waals surface area contributed by atoms with Gasteiger partial charge in [-0.25, -0.2) is 4.79 Å². The molecular formula is C24H23NO3. The first-order valence-corrected chi connectivity index (χ1v) is 9.32. The summed E-state index contributed by atoms with van der Waals surface area (Å²) < 4.78 is 0. The molecule has 2 N–H and O–H groups in total. The minimum atomic E-state index is -0.947. The monoisotopic (exact) mass is 373 g/mol. The lowest BCUT2D eigenvalue weighted by Crippen LogP contribution is -2.29. The molecule has 0 atom stereocenters. The molecule has 0 radical (unpaired) electrons. The average Bonchev–Trinajstić information content (AvgIpc) is 2.74. The lowest BCUT2D eigenvalue weighted by atomic mass is 9.91. The summed E-state index contributed by atoms with van der Waals surface area (Å²) in [6, 6.07) is 27.0. The van der Waals surface area contributed by atoms with Crippen LogP contribution in [0.15, 0.2) is 84.9 Å². The van der Waals surface area contributed by atoms with Crippen LogP contribution in [0.5, 0.6) is 0 Å². The number of carboxylic acid groups (broad SMARTS) is 1. The van der Waals surface area contributed by atoms with Crippen LogP contribution in [-0.4, -0.2) is 23.5 Å². The van der Waals surface area contributed by atoms with Crippen LogP contribution in [0.2, 0.25) is 0 Å². The van der Waals surface area contributed by atoms with Gasteiger partial charge in [0.15, 0.2) is 0 Å². The highest BCUT2D eigenvalue weighted by atomic mass is 16.4. The summed E-state index contributed by atoms with van der Waals surface area (Å²) in [5.74, 6) is -0.863. The normalized spacial score (nSPS) is 10.6. The molecule has 28 heavy (non-hydrogen) atoms. The van der Waals surface area contributed by atoms with E-state index in [0.29, 0.717) is 19.4 Å². The van der Waals surface area contributed by atoms with Crippen LogP contribution in [0.1, 0.15) is 39.4 Å². The van der Waals surface area contributed by atoms with Gasteiger partial charge in [-0.3, -0.25) is 4.79 Å². The van der Waals surface area contributed by atoms with E-state index in [9.17, 15) is 9.59 Å². The van der Waals surface area contributed by atoms with E-state index in [1.807, 2.05) is 36.4 Å². The van der Waals surface area contributed by atoms with Crippen LogP contribution in [0.3, 0.4) is 0 Å². The van der Waals surface area contributed by atoms with Gasteiger partial charge in [0.05, 0.1) is 5.56 Å². The molecule has 0 aliphatic heterocycles. The molecule has 0 aliphatic carbocycles. The van der Waals surface area contributed by atoms with Crippen LogP contribution in [-0.2, 0) is 11.2 Å². The van der Waals surface area contributed by atoms with Gasteiger partial charge in [0.2, 0.25) is 5.91 Å². The molecule has 0 saturated heterocycles. The van der Waals surface area contributed by atoms with Crippen molar-refractivity contribution in [2.75, 3.05) is 6.54 Å². The predicted octanol–water partition coefficient (Wildman–Crippen LogP) is 4.27. The van der Waals surface area contributed by atoms with Crippen molar-refractivity contribution in [3.63, 3.8) is 0 Å². The average molecular weight is 373 g/mol. The van der Waals surface area contributed by atoms with Crippen LogP contribution < -0.4 is 5.32 Å². The number of carboxylic acids is 1. The summed E-state index contributed by atoms with van der Waals surface area (Å²) >= 11 is 0. The van der Waals surface area contributed by atoms with E-state index in [1.54, 1.807) is 24.3 Å². The minimum absolute atomic E-state index is 0.0147. The molecule has 0 aromatic heterocycles. The number of carbonyl (C=O) groups is 2. The van der Waals surface area contributed by atoms with Crippen molar-refractivity contribution in [1.29, 1.82) is 0 Å². The number of carbonyl (C=O) groups excluding carboxylic acids is 1. The van der Waals surface area contributed by atoms with Gasteiger partial charge in [0.1, 0.15) is 0 Å². The van der Waals surface area contributed by atoms with Gasteiger partial charge < -0.3 is 10.4 Å². The molecule has 0 spiro atoms. The lowest BCUT2D eigenvalue weighted by molar-refractivity contribution is -0.121. The second-order valence-corrected chi connectivity index (χ2v) is 6.68. The molecule has 0 fully saturated rings. The Kier molecular flexibility index (Phi) is 6.58. The van der Waals surface area contributed by atoms with Crippen LogP contribution >= 0.6 is 0 Å². The van der Waals surface area contributed by atoms with E-state index in [0.717, 1.165) is 5.56 Å². The molecule has 4 heteroatoms. The number of hydrogen-bond donors (Lipinski definition) is 2. The Balaban J connectivity index is 1.58. The fourth-order valence-corrected chi connectivity index (χ4v) is 3.17. The Labute approximate surface area is 164 Å². The van der Waals surface area contributed by atoms with Gasteiger partial charge in [-0.05, 0) is 35.2 Å². The van der Waals surface area contributed by atoms with Gasteiger partial charge in [0.25, 0.3) is 0 Å². The molecule has 3 aromatic carbocycles. The molecule has 0 saturated carbocycles. The van der Waals surface area contributed by atoms with Crippen molar-refractivity contribution in [1.82, 2.24) is 5.32 Å². The van der Waals surface area contributed by atoms with Crippen LogP contribution in [0.4, 0.5) is 0 Å². The van der Waals surface area contributed by atoms with Crippen molar-refractivity contribution in [2.24, 2.45) is 0 Å². The number of amides is 1. The van der Waals surface area contributed by atoms with Gasteiger partial charge >= 0.3 is 5.97 Å². The number of rotatable bonds is 8. The minimum Gasteiger partial charge on any atom is -0.478 e. The summed E-state index contributed by atoms with van der Waals surface area (Å²) in [4.78, 5) is 23.3. The molecule has 3 aromatic rings. The predicted molar refractivity (Wildman–Crippen MR) is 109 cm³/mol. The van der Waals surface area contributed by atoms with Crippen molar-refractivity contribution in [3.05, 3.63) is 107 Å². The third-order valence-corrected chi connectivity index (χ3v) is 4.75. The molecule has 1 amide bonds. The third kappa shape index (κ3) is 5.30. The Morgan fingerprint density at radius 2 is 1.32 bits per heavy atom. The molecular weight excluding hydrogens is 350 g/mol. The first-order chi connectivity index (χ1) is 13.6. The Bertz CT molecular complexity index is 866. The van der Waals surface area contributed by atoms with E-state index >= 15 is 0 Å². The fourth-order valence-electron chi connectivity index (χ4n) is 3.17. The van der Waals surface area contributed by atoms with Crippen molar-refractivity contribution < 1.29 is 14.7 Å². The van der Waals surface area contributed by atoms with Crippen LogP contribution in [0, 0.1) is 0 Å². The number of nitrogens with one attached hydrogen (secondary N) is 1. The standard InChI is InChI=1S/C24H23NO3/c26-23(16-13-18-11-14-21(15-12-18)24(27)28)25-17-22(19-7-3-1-4-8-19)20-9-5-2-6-10-20/h1-12,14-15,22H,13,16-17H2,(H,25,26)(H,27,28). The maximum absolute atomic E-state index is 12.4. The lowest BCUT2D eigenvalue weighted by Gasteiger charge is -2.19. The summed E-state index contributed by atoms with van der Waals surface area (Å²) in [7, 11) is 0. The second-order valence-electron chi connectivity index (χ2n) is 6.68. The Hall–Kier alpha value is -3.40. The molecule has 0 aliphatic rings. The molecule has 142 valence electrons. The van der Waals surface area contributed by atoms with Crippen molar-refractivity contribution in [3.8, 4) is 0 Å². The van der Waals surface area contributed by atoms with E-state index in [1.165, 1.54) is 11.1 Å².